The van der Waals surface area contributed by atoms with Gasteiger partial charge in [0.25, 0.3) is 0 Å². The minimum absolute atomic E-state index is 0. The monoisotopic (exact) mass is 274 g/mol. The molecule has 0 saturated carbocycles. The van der Waals surface area contributed by atoms with Crippen LogP contribution in [0.4, 0.5) is 0 Å². The molecule has 0 atom stereocenters. The van der Waals surface area contributed by atoms with Crippen molar-refractivity contribution in [2.45, 2.75) is 20.3 Å². The maximum absolute atomic E-state index is 2.16. The topological polar surface area (TPSA) is 0 Å². The quantitative estimate of drug-likeness (QED) is 0.549. The molecule has 0 spiro atoms. The predicted molar refractivity (Wildman–Crippen MR) is 58.2 cm³/mol. The van der Waals surface area contributed by atoms with Gasteiger partial charge in [-0.15, -0.1) is 0 Å². The summed E-state index contributed by atoms with van der Waals surface area (Å²) in [6.45, 7) is 4.25. The molecule has 0 unspecified atom stereocenters. The summed E-state index contributed by atoms with van der Waals surface area (Å²) >= 11 is 0. The van der Waals surface area contributed by atoms with Gasteiger partial charge in [-0.05, 0) is 0 Å². The minimum Gasteiger partial charge on any atom is -0.213 e. The third kappa shape index (κ3) is 5.14. The van der Waals surface area contributed by atoms with E-state index in [1.807, 2.05) is 12.1 Å². The summed E-state index contributed by atoms with van der Waals surface area (Å²) in [5, 5.41) is 0. The molecule has 1 heteroatoms. The van der Waals surface area contributed by atoms with Gasteiger partial charge in [-0.2, -0.15) is 35.4 Å². The third-order valence-corrected chi connectivity index (χ3v) is 1.97. The fourth-order valence-electron chi connectivity index (χ4n) is 1.12. The summed E-state index contributed by atoms with van der Waals surface area (Å²) in [6.07, 6.45) is 1.16. The SMILES string of the molecule is CCc1ccc[cH-]1.Cc1ccc[cH-]1.[Ru+2]. The summed E-state index contributed by atoms with van der Waals surface area (Å²) < 4.78 is 0. The number of hydrogen-bond donors (Lipinski definition) is 0. The predicted octanol–water partition coefficient (Wildman–Crippen LogP) is 3.68. The zero-order valence-electron chi connectivity index (χ0n) is 8.68. The molecule has 0 heterocycles. The van der Waals surface area contributed by atoms with E-state index in [1.54, 1.807) is 0 Å². The van der Waals surface area contributed by atoms with Crippen molar-refractivity contribution in [1.82, 2.24) is 0 Å². The average molecular weight is 273 g/mol. The molecule has 0 aliphatic rings. The van der Waals surface area contributed by atoms with E-state index in [0.717, 1.165) is 6.42 Å². The molecule has 0 aromatic heterocycles. The fraction of sp³-hybridized carbons (Fsp3) is 0.231. The maximum atomic E-state index is 2.16. The number of aryl methyl sites for hydroxylation is 2. The van der Waals surface area contributed by atoms with Crippen molar-refractivity contribution in [2.24, 2.45) is 0 Å². The van der Waals surface area contributed by atoms with Crippen LogP contribution in [0.5, 0.6) is 0 Å². The zero-order valence-corrected chi connectivity index (χ0v) is 10.4. The van der Waals surface area contributed by atoms with Crippen molar-refractivity contribution in [3.8, 4) is 0 Å². The smallest absolute Gasteiger partial charge is 0.213 e. The van der Waals surface area contributed by atoms with Crippen LogP contribution in [0.1, 0.15) is 18.1 Å². The van der Waals surface area contributed by atoms with Gasteiger partial charge in [0.2, 0.25) is 0 Å². The van der Waals surface area contributed by atoms with Gasteiger partial charge in [-0.3, -0.25) is 0 Å². The van der Waals surface area contributed by atoms with Gasteiger partial charge >= 0.3 is 19.5 Å². The molecule has 0 aliphatic heterocycles. The average Bonchev–Trinajstić information content (AvgIpc) is 2.76. The van der Waals surface area contributed by atoms with E-state index in [4.69, 9.17) is 0 Å². The first-order valence-corrected chi connectivity index (χ1v) is 4.72. The van der Waals surface area contributed by atoms with E-state index in [-0.39, 0.29) is 19.5 Å². The zero-order chi connectivity index (χ0) is 9.52. The van der Waals surface area contributed by atoms with Crippen LogP contribution in [0.25, 0.3) is 0 Å². The van der Waals surface area contributed by atoms with Gasteiger partial charge in [0.15, 0.2) is 0 Å². The first-order chi connectivity index (χ1) is 6.33. The van der Waals surface area contributed by atoms with Gasteiger partial charge in [-0.1, -0.05) is 20.3 Å². The van der Waals surface area contributed by atoms with Gasteiger partial charge in [0.05, 0.1) is 0 Å². The van der Waals surface area contributed by atoms with Gasteiger partial charge < -0.3 is 0 Å². The van der Waals surface area contributed by atoms with Crippen LogP contribution in [0.3, 0.4) is 0 Å². The minimum atomic E-state index is 0. The molecule has 2 rings (SSSR count). The second kappa shape index (κ2) is 7.70. The normalized spacial score (nSPS) is 8.43. The van der Waals surface area contributed by atoms with E-state index in [2.05, 4.69) is 50.2 Å². The molecule has 0 aliphatic carbocycles. The fourth-order valence-corrected chi connectivity index (χ4v) is 1.12. The molecule has 0 radical (unpaired) electrons. The second-order valence-corrected chi connectivity index (χ2v) is 3.11. The standard InChI is InChI=1S/C7H9.C6H7.Ru/c1-2-7-5-3-4-6-7;1-6-4-2-3-5-6;/h3-6H,2H2,1H3;2-5H,1H3;/q2*-1;+2. The summed E-state index contributed by atoms with van der Waals surface area (Å²) in [4.78, 5) is 0. The second-order valence-electron chi connectivity index (χ2n) is 3.11. The van der Waals surface area contributed by atoms with Gasteiger partial charge in [0, 0.05) is 0 Å². The Balaban J connectivity index is 0.000000227. The number of hydrogen-bond acceptors (Lipinski definition) is 0. The molecule has 0 saturated heterocycles. The van der Waals surface area contributed by atoms with Crippen molar-refractivity contribution in [3.63, 3.8) is 0 Å². The van der Waals surface area contributed by atoms with Crippen molar-refractivity contribution < 1.29 is 19.5 Å². The van der Waals surface area contributed by atoms with Crippen LogP contribution in [0, 0.1) is 6.92 Å². The van der Waals surface area contributed by atoms with Crippen LogP contribution >= 0.6 is 0 Å². The Labute approximate surface area is 99.5 Å². The van der Waals surface area contributed by atoms with Crippen LogP contribution in [0.15, 0.2) is 48.5 Å². The van der Waals surface area contributed by atoms with Crippen LogP contribution < -0.4 is 0 Å². The molecule has 0 fully saturated rings. The van der Waals surface area contributed by atoms with E-state index in [9.17, 15) is 0 Å². The Hall–Kier alpha value is -0.677. The summed E-state index contributed by atoms with van der Waals surface area (Å²) in [5.41, 5.74) is 2.77. The van der Waals surface area contributed by atoms with Gasteiger partial charge in [-0.25, -0.2) is 24.3 Å². The number of rotatable bonds is 1. The molecule has 14 heavy (non-hydrogen) atoms. The molecule has 0 N–H and O–H groups in total. The molecule has 76 valence electrons. The Bertz CT molecular complexity index is 290. The van der Waals surface area contributed by atoms with E-state index in [0.29, 0.717) is 0 Å². The van der Waals surface area contributed by atoms with Crippen LogP contribution in [0.2, 0.25) is 0 Å². The Morgan fingerprint density at radius 2 is 1.71 bits per heavy atom. The summed E-state index contributed by atoms with van der Waals surface area (Å²) in [6, 6.07) is 16.7. The van der Waals surface area contributed by atoms with E-state index in [1.165, 1.54) is 11.1 Å². The Morgan fingerprint density at radius 1 is 1.07 bits per heavy atom. The van der Waals surface area contributed by atoms with Crippen LogP contribution in [-0.4, -0.2) is 0 Å². The van der Waals surface area contributed by atoms with Crippen molar-refractivity contribution in [1.29, 1.82) is 0 Å². The summed E-state index contributed by atoms with van der Waals surface area (Å²) in [5.74, 6) is 0. The van der Waals surface area contributed by atoms with Gasteiger partial charge in [0.1, 0.15) is 0 Å². The Kier molecular flexibility index (Phi) is 7.33. The molecule has 0 nitrogen and oxygen atoms in total. The molecule has 0 bridgehead atoms. The molecule has 2 aromatic carbocycles. The maximum Gasteiger partial charge on any atom is 2.00 e. The van der Waals surface area contributed by atoms with E-state index >= 15 is 0 Å². The molecule has 0 amide bonds. The van der Waals surface area contributed by atoms with Crippen molar-refractivity contribution in [3.05, 3.63) is 59.7 Å². The van der Waals surface area contributed by atoms with Crippen molar-refractivity contribution in [2.75, 3.05) is 0 Å². The molecule has 2 aromatic rings. The Morgan fingerprint density at radius 3 is 1.93 bits per heavy atom. The van der Waals surface area contributed by atoms with Crippen molar-refractivity contribution >= 4 is 0 Å². The molecular weight excluding hydrogens is 257 g/mol. The largest absolute Gasteiger partial charge is 2.00 e. The first kappa shape index (κ1) is 13.3. The molecular formula is C13H16Ru. The first-order valence-electron chi connectivity index (χ1n) is 4.72. The summed E-state index contributed by atoms with van der Waals surface area (Å²) in [7, 11) is 0. The third-order valence-electron chi connectivity index (χ3n) is 1.97. The van der Waals surface area contributed by atoms with Crippen LogP contribution in [-0.2, 0) is 25.9 Å². The van der Waals surface area contributed by atoms with E-state index < -0.39 is 0 Å².